The van der Waals surface area contributed by atoms with Crippen LogP contribution in [-0.4, -0.2) is 54.0 Å². The van der Waals surface area contributed by atoms with Gasteiger partial charge in [-0.2, -0.15) is 0 Å². The van der Waals surface area contributed by atoms with Crippen LogP contribution in [0, 0.1) is 0 Å². The van der Waals surface area contributed by atoms with Gasteiger partial charge in [0.1, 0.15) is 24.4 Å². The predicted octanol–water partition coefficient (Wildman–Crippen LogP) is 2.22. The second-order valence-electron chi connectivity index (χ2n) is 8.07. The van der Waals surface area contributed by atoms with Crippen LogP contribution in [0.1, 0.15) is 64.2 Å². The third-order valence-corrected chi connectivity index (χ3v) is 6.40. The number of ether oxygens (including phenoxy) is 5. The van der Waals surface area contributed by atoms with Crippen LogP contribution in [0.2, 0.25) is 0 Å². The van der Waals surface area contributed by atoms with Crippen molar-refractivity contribution in [2.75, 3.05) is 6.61 Å². The molecule has 2 aliphatic carbocycles. The maximum Gasteiger partial charge on any atom is 0.184 e. The highest BCUT2D eigenvalue weighted by atomic mass is 16.8. The number of hydrogen-bond donors (Lipinski definition) is 1. The molecule has 136 valence electrons. The van der Waals surface area contributed by atoms with Gasteiger partial charge in [-0.15, -0.1) is 0 Å². The maximum absolute atomic E-state index is 10.3. The summed E-state index contributed by atoms with van der Waals surface area (Å²) in [5.74, 6) is -0.949. The summed E-state index contributed by atoms with van der Waals surface area (Å²) >= 11 is 0. The zero-order chi connectivity index (χ0) is 16.2. The van der Waals surface area contributed by atoms with E-state index in [0.717, 1.165) is 51.4 Å². The van der Waals surface area contributed by atoms with E-state index in [4.69, 9.17) is 23.7 Å². The number of aliphatic hydroxyl groups is 1. The van der Waals surface area contributed by atoms with Crippen molar-refractivity contribution in [3.05, 3.63) is 0 Å². The van der Waals surface area contributed by atoms with E-state index in [1.54, 1.807) is 0 Å². The van der Waals surface area contributed by atoms with E-state index in [1.807, 2.05) is 0 Å². The Hall–Kier alpha value is -0.240. The average molecular weight is 340 g/mol. The summed E-state index contributed by atoms with van der Waals surface area (Å²) in [5, 5.41) is 10.3. The normalized spacial score (nSPS) is 46.6. The highest BCUT2D eigenvalue weighted by Gasteiger charge is 2.61. The second kappa shape index (κ2) is 5.89. The predicted molar refractivity (Wildman–Crippen MR) is 83.1 cm³/mol. The topological polar surface area (TPSA) is 66.4 Å². The zero-order valence-corrected chi connectivity index (χ0v) is 14.2. The monoisotopic (exact) mass is 340 g/mol. The number of fused-ring (bicyclic) bond motifs is 1. The molecule has 0 aromatic rings. The molecule has 1 N–H and O–H groups in total. The Labute approximate surface area is 142 Å². The van der Waals surface area contributed by atoms with Crippen molar-refractivity contribution >= 4 is 0 Å². The fraction of sp³-hybridized carbons (Fsp3) is 1.00. The summed E-state index contributed by atoms with van der Waals surface area (Å²) in [5.41, 5.74) is 0. The van der Waals surface area contributed by atoms with Crippen LogP contribution < -0.4 is 0 Å². The fourth-order valence-electron chi connectivity index (χ4n) is 5.17. The molecule has 6 nitrogen and oxygen atoms in total. The average Bonchev–Trinajstić information content (AvgIpc) is 3.24. The van der Waals surface area contributed by atoms with E-state index in [-0.39, 0.29) is 18.3 Å². The molecule has 2 spiro atoms. The molecule has 5 fully saturated rings. The van der Waals surface area contributed by atoms with Gasteiger partial charge in [-0.3, -0.25) is 0 Å². The molecule has 0 amide bonds. The highest BCUT2D eigenvalue weighted by molar-refractivity contribution is 5.01. The Morgan fingerprint density at radius 3 is 2.00 bits per heavy atom. The summed E-state index contributed by atoms with van der Waals surface area (Å²) in [6.07, 6.45) is 8.64. The first-order valence-corrected chi connectivity index (χ1v) is 9.70. The van der Waals surface area contributed by atoms with Gasteiger partial charge in [0.2, 0.25) is 0 Å². The first kappa shape index (κ1) is 16.0. The van der Waals surface area contributed by atoms with Crippen LogP contribution in [0.15, 0.2) is 0 Å². The van der Waals surface area contributed by atoms with Crippen molar-refractivity contribution < 1.29 is 28.8 Å². The van der Waals surface area contributed by atoms with Crippen LogP contribution in [-0.2, 0) is 23.7 Å². The minimum absolute atomic E-state index is 0.185. The van der Waals surface area contributed by atoms with E-state index >= 15 is 0 Å². The molecule has 0 bridgehead atoms. The largest absolute Gasteiger partial charge is 0.366 e. The Bertz CT molecular complexity index is 470. The van der Waals surface area contributed by atoms with Crippen LogP contribution in [0.5, 0.6) is 0 Å². The minimum atomic E-state index is -0.937. The first-order chi connectivity index (χ1) is 11.7. The lowest BCUT2D eigenvalue weighted by Gasteiger charge is -2.35. The lowest BCUT2D eigenvalue weighted by molar-refractivity contribution is -0.260. The molecule has 5 aliphatic rings. The van der Waals surface area contributed by atoms with Crippen molar-refractivity contribution in [1.29, 1.82) is 0 Å². The van der Waals surface area contributed by atoms with Gasteiger partial charge >= 0.3 is 0 Å². The smallest absolute Gasteiger partial charge is 0.184 e. The summed E-state index contributed by atoms with van der Waals surface area (Å²) in [6.45, 7) is 0.511. The van der Waals surface area contributed by atoms with E-state index in [0.29, 0.717) is 6.61 Å². The van der Waals surface area contributed by atoms with Gasteiger partial charge in [0.25, 0.3) is 0 Å². The van der Waals surface area contributed by atoms with E-state index in [1.165, 1.54) is 12.8 Å². The molecule has 0 aromatic heterocycles. The molecule has 3 aliphatic heterocycles. The molecule has 0 aromatic carbocycles. The van der Waals surface area contributed by atoms with Crippen LogP contribution >= 0.6 is 0 Å². The molecule has 24 heavy (non-hydrogen) atoms. The third-order valence-electron chi connectivity index (χ3n) is 6.40. The van der Waals surface area contributed by atoms with Gasteiger partial charge < -0.3 is 28.8 Å². The molecule has 2 saturated carbocycles. The van der Waals surface area contributed by atoms with Crippen molar-refractivity contribution in [3.8, 4) is 0 Å². The van der Waals surface area contributed by atoms with Crippen molar-refractivity contribution in [2.45, 2.75) is 106 Å². The molecule has 5 rings (SSSR count). The quantitative estimate of drug-likeness (QED) is 0.789. The van der Waals surface area contributed by atoms with Gasteiger partial charge in [-0.05, 0) is 25.7 Å². The van der Waals surface area contributed by atoms with Gasteiger partial charge in [-0.1, -0.05) is 12.8 Å². The number of rotatable bonds is 1. The third kappa shape index (κ3) is 2.54. The Morgan fingerprint density at radius 2 is 1.29 bits per heavy atom. The van der Waals surface area contributed by atoms with Crippen molar-refractivity contribution in [2.24, 2.45) is 0 Å². The van der Waals surface area contributed by atoms with Crippen LogP contribution in [0.25, 0.3) is 0 Å². The van der Waals surface area contributed by atoms with Gasteiger partial charge in [-0.25, -0.2) is 0 Å². The molecule has 6 heteroatoms. The molecule has 5 atom stereocenters. The molecule has 3 saturated heterocycles. The molecule has 3 heterocycles. The van der Waals surface area contributed by atoms with E-state index < -0.39 is 24.0 Å². The van der Waals surface area contributed by atoms with E-state index in [2.05, 4.69) is 0 Å². The first-order valence-electron chi connectivity index (χ1n) is 9.70. The summed E-state index contributed by atoms with van der Waals surface area (Å²) in [7, 11) is 0. The van der Waals surface area contributed by atoms with Gasteiger partial charge in [0.05, 0.1) is 6.61 Å². The summed E-state index contributed by atoms with van der Waals surface area (Å²) in [6, 6.07) is 0. The maximum atomic E-state index is 10.3. The highest BCUT2D eigenvalue weighted by Crippen LogP contribution is 2.48. The summed E-state index contributed by atoms with van der Waals surface area (Å²) < 4.78 is 30.6. The summed E-state index contributed by atoms with van der Waals surface area (Å²) in [4.78, 5) is 0. The Balaban J connectivity index is 1.30. The molecular formula is C18H28O6. The minimum Gasteiger partial charge on any atom is -0.366 e. The fourth-order valence-corrected chi connectivity index (χ4v) is 5.17. The number of hydrogen-bond acceptors (Lipinski definition) is 6. The Morgan fingerprint density at radius 1 is 0.667 bits per heavy atom. The van der Waals surface area contributed by atoms with E-state index in [9.17, 15) is 5.11 Å². The second-order valence-corrected chi connectivity index (χ2v) is 8.07. The Kier molecular flexibility index (Phi) is 3.92. The van der Waals surface area contributed by atoms with Crippen molar-refractivity contribution in [1.82, 2.24) is 0 Å². The standard InChI is InChI=1S/C18H28O6/c19-16-15-14(23-18(24-15)9-5-2-6-10-18)13(21-16)12-11-20-17(22-12)7-3-1-4-8-17/h12-16,19H,1-11H2/t12-,13+,14-,15-,16-/m1/s1. The molecule has 0 unspecified atom stereocenters. The van der Waals surface area contributed by atoms with Gasteiger partial charge in [0, 0.05) is 25.7 Å². The van der Waals surface area contributed by atoms with Crippen LogP contribution in [0.4, 0.5) is 0 Å². The molecule has 0 radical (unpaired) electrons. The lowest BCUT2D eigenvalue weighted by Crippen LogP contribution is -2.43. The number of aliphatic hydroxyl groups excluding tert-OH is 1. The van der Waals surface area contributed by atoms with Crippen LogP contribution in [0.3, 0.4) is 0 Å². The zero-order valence-electron chi connectivity index (χ0n) is 14.2. The van der Waals surface area contributed by atoms with Crippen molar-refractivity contribution in [3.63, 3.8) is 0 Å². The SMILES string of the molecule is O[C@@H]1O[C@@H]([C@H]2COC3(CCCCC3)O2)[C@H]2OC3(CCCCC3)O[C@H]21. The lowest BCUT2D eigenvalue weighted by atomic mass is 9.94. The molecular weight excluding hydrogens is 312 g/mol. The van der Waals surface area contributed by atoms with Gasteiger partial charge in [0.15, 0.2) is 17.9 Å².